The third kappa shape index (κ3) is 3.80. The van der Waals surface area contributed by atoms with E-state index in [1.807, 2.05) is 41.0 Å². The van der Waals surface area contributed by atoms with Crippen LogP contribution in [0.4, 0.5) is 4.39 Å². The van der Waals surface area contributed by atoms with Crippen LogP contribution in [0.3, 0.4) is 0 Å². The van der Waals surface area contributed by atoms with Crippen LogP contribution in [-0.4, -0.2) is 25.4 Å². The Balaban J connectivity index is 1.26. The topological polar surface area (TPSA) is 72.7 Å². The van der Waals surface area contributed by atoms with E-state index in [1.165, 1.54) is 12.3 Å². The average Bonchev–Trinajstić information content (AvgIpc) is 3.46. The summed E-state index contributed by atoms with van der Waals surface area (Å²) in [6, 6.07) is 18.0. The van der Waals surface area contributed by atoms with Gasteiger partial charge in [0, 0.05) is 18.3 Å². The van der Waals surface area contributed by atoms with Crippen LogP contribution in [0.1, 0.15) is 15.2 Å². The normalized spacial score (nSPS) is 11.0. The molecule has 152 valence electrons. The Hall–Kier alpha value is -3.91. The molecule has 3 heterocycles. The maximum absolute atomic E-state index is 13.9. The molecule has 5 rings (SSSR count). The third-order valence-electron chi connectivity index (χ3n) is 4.80. The number of nitrogens with one attached hydrogen (secondary N) is 1. The van der Waals surface area contributed by atoms with Crippen molar-refractivity contribution in [2.24, 2.45) is 0 Å². The van der Waals surface area contributed by atoms with Crippen LogP contribution < -0.4 is 5.32 Å². The van der Waals surface area contributed by atoms with Crippen molar-refractivity contribution in [1.29, 1.82) is 0 Å². The Morgan fingerprint density at radius 3 is 2.65 bits per heavy atom. The zero-order valence-electron chi connectivity index (χ0n) is 16.2. The Morgan fingerprint density at radius 1 is 0.968 bits per heavy atom. The van der Waals surface area contributed by atoms with Gasteiger partial charge >= 0.3 is 0 Å². The van der Waals surface area contributed by atoms with Crippen molar-refractivity contribution in [3.63, 3.8) is 0 Å². The monoisotopic (exact) mass is 429 g/mol. The molecule has 1 N–H and O–H groups in total. The first kappa shape index (κ1) is 19.1. The first-order valence-electron chi connectivity index (χ1n) is 9.55. The molecule has 0 aliphatic heterocycles. The fourth-order valence-corrected chi connectivity index (χ4v) is 4.07. The molecule has 6 nitrogen and oxygen atoms in total. The number of benzene rings is 2. The molecule has 0 aliphatic carbocycles. The SMILES string of the molecule is O=C(NCc1ccc(-n2cnc3ccccc32)nc1)c1cnc(-c2ccccc2F)s1. The number of imidazole rings is 1. The van der Waals surface area contributed by atoms with Gasteiger partial charge < -0.3 is 5.32 Å². The van der Waals surface area contributed by atoms with Gasteiger partial charge in [0.05, 0.1) is 17.2 Å². The molecule has 8 heteroatoms. The standard InChI is InChI=1S/C23H16FN5OS/c24-17-6-2-1-5-16(17)23-27-13-20(31-23)22(30)26-12-15-9-10-21(25-11-15)29-14-28-18-7-3-4-8-19(18)29/h1-11,13-14H,12H2,(H,26,30). The quantitative estimate of drug-likeness (QED) is 0.443. The third-order valence-corrected chi connectivity index (χ3v) is 5.83. The summed E-state index contributed by atoms with van der Waals surface area (Å²) < 4.78 is 15.8. The average molecular weight is 429 g/mol. The van der Waals surface area contributed by atoms with E-state index in [2.05, 4.69) is 20.3 Å². The van der Waals surface area contributed by atoms with Gasteiger partial charge in [-0.25, -0.2) is 19.3 Å². The van der Waals surface area contributed by atoms with E-state index >= 15 is 0 Å². The molecule has 0 saturated heterocycles. The number of pyridine rings is 1. The number of aromatic nitrogens is 4. The lowest BCUT2D eigenvalue weighted by atomic mass is 10.2. The molecule has 3 aromatic heterocycles. The van der Waals surface area contributed by atoms with Gasteiger partial charge in [-0.3, -0.25) is 9.36 Å². The summed E-state index contributed by atoms with van der Waals surface area (Å²) in [5.74, 6) is 0.131. The number of halogens is 1. The van der Waals surface area contributed by atoms with Crippen molar-refractivity contribution in [1.82, 2.24) is 24.8 Å². The summed E-state index contributed by atoms with van der Waals surface area (Å²) in [7, 11) is 0. The van der Waals surface area contributed by atoms with Crippen LogP contribution in [0, 0.1) is 5.82 Å². The molecule has 0 bridgehead atoms. The van der Waals surface area contributed by atoms with Crippen LogP contribution in [-0.2, 0) is 6.54 Å². The summed E-state index contributed by atoms with van der Waals surface area (Å²) in [5, 5.41) is 3.33. The molecular weight excluding hydrogens is 413 g/mol. The molecule has 0 spiro atoms. The molecular formula is C23H16FN5OS. The highest BCUT2D eigenvalue weighted by Gasteiger charge is 2.14. The van der Waals surface area contributed by atoms with E-state index in [4.69, 9.17) is 0 Å². The smallest absolute Gasteiger partial charge is 0.263 e. The number of para-hydroxylation sites is 2. The summed E-state index contributed by atoms with van der Waals surface area (Å²) in [6.45, 7) is 0.323. The minimum atomic E-state index is -0.361. The fourth-order valence-electron chi connectivity index (χ4n) is 3.21. The van der Waals surface area contributed by atoms with Crippen LogP contribution in [0.2, 0.25) is 0 Å². The Kier molecular flexibility index (Phi) is 4.97. The van der Waals surface area contributed by atoms with Crippen LogP contribution in [0.15, 0.2) is 79.4 Å². The molecule has 0 saturated carbocycles. The molecule has 0 unspecified atom stereocenters. The molecule has 1 amide bonds. The second-order valence-electron chi connectivity index (χ2n) is 6.82. The second kappa shape index (κ2) is 8.08. The lowest BCUT2D eigenvalue weighted by Crippen LogP contribution is -2.21. The van der Waals surface area contributed by atoms with E-state index < -0.39 is 0 Å². The van der Waals surface area contributed by atoms with Gasteiger partial charge in [0.25, 0.3) is 5.91 Å². The molecule has 31 heavy (non-hydrogen) atoms. The van der Waals surface area contributed by atoms with Gasteiger partial charge in [0.2, 0.25) is 0 Å². The number of hydrogen-bond donors (Lipinski definition) is 1. The van der Waals surface area contributed by atoms with Crippen molar-refractivity contribution in [3.8, 4) is 16.4 Å². The second-order valence-corrected chi connectivity index (χ2v) is 7.85. The van der Waals surface area contributed by atoms with E-state index in [0.717, 1.165) is 33.8 Å². The predicted octanol–water partition coefficient (Wildman–Crippen LogP) is 4.61. The maximum Gasteiger partial charge on any atom is 0.263 e. The number of hydrogen-bond acceptors (Lipinski definition) is 5. The van der Waals surface area contributed by atoms with Crippen LogP contribution in [0.25, 0.3) is 27.4 Å². The van der Waals surface area contributed by atoms with Crippen molar-refractivity contribution in [2.75, 3.05) is 0 Å². The van der Waals surface area contributed by atoms with Crippen molar-refractivity contribution >= 4 is 28.3 Å². The summed E-state index contributed by atoms with van der Waals surface area (Å²) in [5.41, 5.74) is 3.13. The maximum atomic E-state index is 13.9. The lowest BCUT2D eigenvalue weighted by Gasteiger charge is -2.06. The number of rotatable bonds is 5. The van der Waals surface area contributed by atoms with Gasteiger partial charge in [-0.05, 0) is 35.9 Å². The van der Waals surface area contributed by atoms with E-state index in [9.17, 15) is 9.18 Å². The van der Waals surface area contributed by atoms with Gasteiger partial charge in [-0.15, -0.1) is 11.3 Å². The Bertz CT molecular complexity index is 1380. The largest absolute Gasteiger partial charge is 0.347 e. The summed E-state index contributed by atoms with van der Waals surface area (Å²) >= 11 is 1.16. The highest BCUT2D eigenvalue weighted by atomic mass is 32.1. The summed E-state index contributed by atoms with van der Waals surface area (Å²) in [6.07, 6.45) is 4.93. The van der Waals surface area contributed by atoms with Gasteiger partial charge in [0.1, 0.15) is 27.8 Å². The van der Waals surface area contributed by atoms with Crippen molar-refractivity contribution in [3.05, 3.63) is 95.6 Å². The zero-order chi connectivity index (χ0) is 21.2. The van der Waals surface area contributed by atoms with E-state index in [-0.39, 0.29) is 11.7 Å². The number of carbonyl (C=O) groups excluding carboxylic acids is 1. The minimum absolute atomic E-state index is 0.259. The number of carbonyl (C=O) groups is 1. The molecule has 0 fully saturated rings. The number of amides is 1. The molecule has 5 aromatic rings. The predicted molar refractivity (Wildman–Crippen MR) is 118 cm³/mol. The fraction of sp³-hybridized carbons (Fsp3) is 0.0435. The molecule has 0 aliphatic rings. The molecule has 0 radical (unpaired) electrons. The molecule has 2 aromatic carbocycles. The minimum Gasteiger partial charge on any atom is -0.347 e. The number of fused-ring (bicyclic) bond motifs is 1. The van der Waals surface area contributed by atoms with Crippen molar-refractivity contribution in [2.45, 2.75) is 6.54 Å². The van der Waals surface area contributed by atoms with E-state index in [1.54, 1.807) is 30.7 Å². The summed E-state index contributed by atoms with van der Waals surface area (Å²) in [4.78, 5) is 26.0. The van der Waals surface area contributed by atoms with Gasteiger partial charge in [-0.2, -0.15) is 0 Å². The van der Waals surface area contributed by atoms with Gasteiger partial charge in [0.15, 0.2) is 0 Å². The van der Waals surface area contributed by atoms with Crippen LogP contribution in [0.5, 0.6) is 0 Å². The first-order valence-corrected chi connectivity index (χ1v) is 10.4. The number of nitrogens with zero attached hydrogens (tertiary/aromatic N) is 4. The van der Waals surface area contributed by atoms with Crippen LogP contribution >= 0.6 is 11.3 Å². The van der Waals surface area contributed by atoms with E-state index in [0.29, 0.717) is 22.0 Å². The molecule has 0 atom stereocenters. The van der Waals surface area contributed by atoms with Gasteiger partial charge in [-0.1, -0.05) is 30.3 Å². The Morgan fingerprint density at radius 2 is 1.81 bits per heavy atom. The lowest BCUT2D eigenvalue weighted by molar-refractivity contribution is 0.0954. The van der Waals surface area contributed by atoms with Crippen molar-refractivity contribution < 1.29 is 9.18 Å². The Labute approximate surface area is 181 Å². The highest BCUT2D eigenvalue weighted by molar-refractivity contribution is 7.16. The number of thiazole rings is 1. The highest BCUT2D eigenvalue weighted by Crippen LogP contribution is 2.27. The first-order chi connectivity index (χ1) is 15.2. The zero-order valence-corrected chi connectivity index (χ0v) is 17.0.